The van der Waals surface area contributed by atoms with Crippen LogP contribution in [0.2, 0.25) is 0 Å². The quantitative estimate of drug-likeness (QED) is 0.752. The molecular weight excluding hydrogens is 308 g/mol. The number of hydrogen-bond acceptors (Lipinski definition) is 5. The van der Waals surface area contributed by atoms with Crippen LogP contribution in [0.5, 0.6) is 0 Å². The molecule has 2 aromatic heterocycles. The van der Waals surface area contributed by atoms with Gasteiger partial charge in [-0.25, -0.2) is 23.1 Å². The summed E-state index contributed by atoms with van der Waals surface area (Å²) in [5.41, 5.74) is 3.25. The summed E-state index contributed by atoms with van der Waals surface area (Å²) in [5.74, 6) is 0.843. The van der Waals surface area contributed by atoms with Crippen LogP contribution >= 0.6 is 11.3 Å². The molecular formula is C13H14N4O2S2. The van der Waals surface area contributed by atoms with Gasteiger partial charge in [-0.05, 0) is 18.2 Å². The topological polar surface area (TPSA) is 87.7 Å². The zero-order chi connectivity index (χ0) is 14.9. The van der Waals surface area contributed by atoms with Gasteiger partial charge in [0, 0.05) is 18.3 Å². The average Bonchev–Trinajstić information content (AvgIpc) is 3.13. The number of H-pyrrole nitrogens is 1. The number of imidazole rings is 1. The highest BCUT2D eigenvalue weighted by Gasteiger charge is 2.15. The fourth-order valence-electron chi connectivity index (χ4n) is 1.93. The van der Waals surface area contributed by atoms with E-state index in [4.69, 9.17) is 0 Å². The predicted octanol–water partition coefficient (Wildman–Crippen LogP) is 2.06. The number of aromatic amines is 1. The molecule has 0 saturated heterocycles. The van der Waals surface area contributed by atoms with Crippen LogP contribution in [0.4, 0.5) is 0 Å². The van der Waals surface area contributed by atoms with Crippen molar-refractivity contribution in [3.63, 3.8) is 0 Å². The predicted molar refractivity (Wildman–Crippen MR) is 81.6 cm³/mol. The minimum absolute atomic E-state index is 0.191. The molecule has 1 aromatic carbocycles. The van der Waals surface area contributed by atoms with Gasteiger partial charge >= 0.3 is 0 Å². The van der Waals surface area contributed by atoms with Crippen molar-refractivity contribution in [1.29, 1.82) is 0 Å². The Morgan fingerprint density at radius 1 is 1.33 bits per heavy atom. The third kappa shape index (κ3) is 2.97. The third-order valence-corrected chi connectivity index (χ3v) is 5.27. The Labute approximate surface area is 126 Å². The SMILES string of the molecule is CCc1ncc(CNS(=O)(=O)c2ccc3ncsc3c2)[nH]1. The number of thiazole rings is 1. The smallest absolute Gasteiger partial charge is 0.240 e. The van der Waals surface area contributed by atoms with E-state index in [0.29, 0.717) is 0 Å². The molecule has 3 aromatic rings. The van der Waals surface area contributed by atoms with E-state index in [-0.39, 0.29) is 11.4 Å². The first kappa shape index (κ1) is 14.2. The number of fused-ring (bicyclic) bond motifs is 1. The zero-order valence-electron chi connectivity index (χ0n) is 11.3. The van der Waals surface area contributed by atoms with Crippen LogP contribution in [0.1, 0.15) is 18.4 Å². The molecule has 0 bridgehead atoms. The minimum atomic E-state index is -3.54. The van der Waals surface area contributed by atoms with E-state index in [1.807, 2.05) is 6.92 Å². The van der Waals surface area contributed by atoms with Crippen molar-refractivity contribution in [1.82, 2.24) is 19.7 Å². The number of nitrogens with one attached hydrogen (secondary N) is 2. The lowest BCUT2D eigenvalue weighted by Crippen LogP contribution is -2.23. The first-order valence-corrected chi connectivity index (χ1v) is 8.80. The van der Waals surface area contributed by atoms with Gasteiger partial charge in [-0.1, -0.05) is 6.92 Å². The van der Waals surface area contributed by atoms with Gasteiger partial charge in [-0.3, -0.25) is 0 Å². The van der Waals surface area contributed by atoms with Gasteiger partial charge in [-0.2, -0.15) is 0 Å². The maximum Gasteiger partial charge on any atom is 0.240 e. The molecule has 21 heavy (non-hydrogen) atoms. The third-order valence-electron chi connectivity index (χ3n) is 3.08. The molecule has 8 heteroatoms. The molecule has 0 radical (unpaired) electrons. The zero-order valence-corrected chi connectivity index (χ0v) is 13.0. The molecule has 2 N–H and O–H groups in total. The van der Waals surface area contributed by atoms with Crippen LogP contribution in [0, 0.1) is 0 Å². The normalized spacial score (nSPS) is 12.0. The number of aryl methyl sites for hydroxylation is 1. The molecule has 2 heterocycles. The Balaban J connectivity index is 1.79. The summed E-state index contributed by atoms with van der Waals surface area (Å²) in [6.07, 6.45) is 2.43. The number of sulfonamides is 1. The molecule has 0 aliphatic heterocycles. The molecule has 0 atom stereocenters. The van der Waals surface area contributed by atoms with Crippen molar-refractivity contribution in [2.75, 3.05) is 0 Å². The van der Waals surface area contributed by atoms with Gasteiger partial charge in [-0.15, -0.1) is 11.3 Å². The molecule has 0 aliphatic rings. The van der Waals surface area contributed by atoms with Crippen molar-refractivity contribution >= 4 is 31.6 Å². The highest BCUT2D eigenvalue weighted by atomic mass is 32.2. The van der Waals surface area contributed by atoms with Crippen LogP contribution in [-0.2, 0) is 23.0 Å². The van der Waals surface area contributed by atoms with E-state index in [1.54, 1.807) is 29.9 Å². The lowest BCUT2D eigenvalue weighted by molar-refractivity contribution is 0.580. The average molecular weight is 322 g/mol. The Kier molecular flexibility index (Phi) is 3.75. The minimum Gasteiger partial charge on any atom is -0.345 e. The Bertz CT molecular complexity index is 867. The molecule has 3 rings (SSSR count). The van der Waals surface area contributed by atoms with Gasteiger partial charge < -0.3 is 4.98 Å². The van der Waals surface area contributed by atoms with Crippen LogP contribution in [0.15, 0.2) is 34.8 Å². The molecule has 0 unspecified atom stereocenters. The Morgan fingerprint density at radius 2 is 2.19 bits per heavy atom. The second-order valence-electron chi connectivity index (χ2n) is 4.52. The van der Waals surface area contributed by atoms with E-state index in [1.165, 1.54) is 11.3 Å². The van der Waals surface area contributed by atoms with E-state index in [9.17, 15) is 8.42 Å². The first-order chi connectivity index (χ1) is 10.1. The summed E-state index contributed by atoms with van der Waals surface area (Å²) in [6.45, 7) is 2.17. The van der Waals surface area contributed by atoms with Gasteiger partial charge in [0.2, 0.25) is 10.0 Å². The van der Waals surface area contributed by atoms with Crippen LogP contribution < -0.4 is 4.72 Å². The van der Waals surface area contributed by atoms with Gasteiger partial charge in [0.05, 0.1) is 27.2 Å². The summed E-state index contributed by atoms with van der Waals surface area (Å²) >= 11 is 1.42. The standard InChI is InChI=1S/C13H14N4O2S2/c1-2-13-14-6-9(17-13)7-16-21(18,19)10-3-4-11-12(5-10)20-8-15-11/h3-6,8,16H,2,7H2,1H3,(H,14,17). The van der Waals surface area contributed by atoms with Crippen molar-refractivity contribution in [2.45, 2.75) is 24.8 Å². The number of hydrogen-bond donors (Lipinski definition) is 2. The molecule has 0 aliphatic carbocycles. The largest absolute Gasteiger partial charge is 0.345 e. The summed E-state index contributed by atoms with van der Waals surface area (Å²) < 4.78 is 28.0. The van der Waals surface area contributed by atoms with E-state index < -0.39 is 10.0 Å². The monoisotopic (exact) mass is 322 g/mol. The van der Waals surface area contributed by atoms with E-state index >= 15 is 0 Å². The van der Waals surface area contributed by atoms with Crippen LogP contribution in [0.25, 0.3) is 10.2 Å². The molecule has 0 saturated carbocycles. The molecule has 6 nitrogen and oxygen atoms in total. The van der Waals surface area contributed by atoms with Gasteiger partial charge in [0.25, 0.3) is 0 Å². The van der Waals surface area contributed by atoms with Crippen molar-refractivity contribution < 1.29 is 8.42 Å². The summed E-state index contributed by atoms with van der Waals surface area (Å²) in [5, 5.41) is 0. The van der Waals surface area contributed by atoms with Crippen molar-refractivity contribution in [2.24, 2.45) is 0 Å². The van der Waals surface area contributed by atoms with Crippen LogP contribution in [-0.4, -0.2) is 23.4 Å². The fraction of sp³-hybridized carbons (Fsp3) is 0.231. The number of aromatic nitrogens is 3. The number of rotatable bonds is 5. The Morgan fingerprint density at radius 3 is 2.95 bits per heavy atom. The highest BCUT2D eigenvalue weighted by Crippen LogP contribution is 2.21. The van der Waals surface area contributed by atoms with Crippen molar-refractivity contribution in [3.05, 3.63) is 41.4 Å². The number of nitrogens with zero attached hydrogens (tertiary/aromatic N) is 2. The lowest BCUT2D eigenvalue weighted by Gasteiger charge is -2.05. The van der Waals surface area contributed by atoms with Gasteiger partial charge in [0.15, 0.2) is 0 Å². The second-order valence-corrected chi connectivity index (χ2v) is 7.17. The molecule has 0 fully saturated rings. The second kappa shape index (κ2) is 5.55. The summed E-state index contributed by atoms with van der Waals surface area (Å²) in [6, 6.07) is 4.92. The van der Waals surface area contributed by atoms with Gasteiger partial charge in [0.1, 0.15) is 5.82 Å². The molecule has 0 spiro atoms. The summed E-state index contributed by atoms with van der Waals surface area (Å²) in [4.78, 5) is 11.6. The molecule has 110 valence electrons. The van der Waals surface area contributed by atoms with Crippen molar-refractivity contribution in [3.8, 4) is 0 Å². The van der Waals surface area contributed by atoms with Crippen LogP contribution in [0.3, 0.4) is 0 Å². The summed E-state index contributed by atoms with van der Waals surface area (Å²) in [7, 11) is -3.54. The lowest BCUT2D eigenvalue weighted by atomic mass is 10.3. The fourth-order valence-corrected chi connectivity index (χ4v) is 3.76. The Hall–Kier alpha value is -1.77. The van der Waals surface area contributed by atoms with E-state index in [2.05, 4.69) is 19.7 Å². The maximum atomic E-state index is 12.3. The van der Waals surface area contributed by atoms with E-state index in [0.717, 1.165) is 28.2 Å². The number of benzene rings is 1. The molecule has 0 amide bonds. The first-order valence-electron chi connectivity index (χ1n) is 6.44. The maximum absolute atomic E-state index is 12.3. The highest BCUT2D eigenvalue weighted by molar-refractivity contribution is 7.89.